The molecule has 0 aromatic heterocycles. The van der Waals surface area contributed by atoms with E-state index < -0.39 is 11.7 Å². The Morgan fingerprint density at radius 1 is 1.25 bits per heavy atom. The Morgan fingerprint density at radius 3 is 2.54 bits per heavy atom. The number of nitrogens with zero attached hydrogens (tertiary/aromatic N) is 1. The Kier molecular flexibility index (Phi) is 5.70. The van der Waals surface area contributed by atoms with E-state index >= 15 is 0 Å². The number of rotatable bonds is 3. The molecule has 1 fully saturated rings. The lowest BCUT2D eigenvalue weighted by molar-refractivity contribution is 0.0502. The summed E-state index contributed by atoms with van der Waals surface area (Å²) in [6, 6.07) is 9.43. The average Bonchev–Trinajstić information content (AvgIpc) is 2.84. The van der Waals surface area contributed by atoms with Crippen molar-refractivity contribution in [3.05, 3.63) is 35.9 Å². The highest BCUT2D eigenvalue weighted by molar-refractivity contribution is 5.70. The van der Waals surface area contributed by atoms with Crippen LogP contribution in [-0.4, -0.2) is 41.3 Å². The molecule has 6 nitrogen and oxygen atoms in total. The zero-order valence-corrected chi connectivity index (χ0v) is 14.7. The van der Waals surface area contributed by atoms with Crippen molar-refractivity contribution < 1.29 is 19.1 Å². The number of likely N-dealkylation sites (tertiary alicyclic amines) is 1. The maximum Gasteiger partial charge on any atom is 0.410 e. The zero-order valence-electron chi connectivity index (χ0n) is 14.7. The average molecular weight is 334 g/mol. The van der Waals surface area contributed by atoms with Crippen LogP contribution >= 0.6 is 0 Å². The SMILES string of the molecule is C[C@@H]1C[C@H](NC(=O)OC(C)(C)C)CN1C(=O)OCc1ccccc1. The number of hydrogen-bond acceptors (Lipinski definition) is 4. The van der Waals surface area contributed by atoms with Gasteiger partial charge in [0.05, 0.1) is 6.04 Å². The largest absolute Gasteiger partial charge is 0.445 e. The van der Waals surface area contributed by atoms with Gasteiger partial charge in [0, 0.05) is 12.6 Å². The Balaban J connectivity index is 1.82. The number of amides is 2. The topological polar surface area (TPSA) is 67.9 Å². The highest BCUT2D eigenvalue weighted by atomic mass is 16.6. The standard InChI is InChI=1S/C18H26N2O4/c1-13-10-15(19-16(21)24-18(2,3)4)11-20(13)17(22)23-12-14-8-6-5-7-9-14/h5-9,13,15H,10-12H2,1-4H3,(H,19,21)/t13-,15+/m1/s1. The molecule has 2 rings (SSSR count). The summed E-state index contributed by atoms with van der Waals surface area (Å²) in [5, 5.41) is 2.81. The van der Waals surface area contributed by atoms with Crippen LogP contribution in [0, 0.1) is 0 Å². The molecule has 0 bridgehead atoms. The minimum atomic E-state index is -0.539. The fraction of sp³-hybridized carbons (Fsp3) is 0.556. The lowest BCUT2D eigenvalue weighted by atomic mass is 10.2. The van der Waals surface area contributed by atoms with Crippen LogP contribution in [0.2, 0.25) is 0 Å². The van der Waals surface area contributed by atoms with Crippen LogP contribution in [0.3, 0.4) is 0 Å². The normalized spacial score (nSPS) is 20.6. The molecular formula is C18H26N2O4. The summed E-state index contributed by atoms with van der Waals surface area (Å²) in [6.07, 6.45) is -0.140. The number of ether oxygens (including phenoxy) is 2. The van der Waals surface area contributed by atoms with Crippen LogP contribution in [0.1, 0.15) is 39.7 Å². The number of benzene rings is 1. The summed E-state index contributed by atoms with van der Waals surface area (Å²) < 4.78 is 10.6. The molecule has 1 aliphatic rings. The second-order valence-corrected chi connectivity index (χ2v) is 7.12. The second kappa shape index (κ2) is 7.55. The molecule has 0 aliphatic carbocycles. The molecule has 2 atom stereocenters. The Hall–Kier alpha value is -2.24. The summed E-state index contributed by atoms with van der Waals surface area (Å²) >= 11 is 0. The number of nitrogens with one attached hydrogen (secondary N) is 1. The van der Waals surface area contributed by atoms with Crippen molar-refractivity contribution >= 4 is 12.2 Å². The third-order valence-corrected chi connectivity index (χ3v) is 3.74. The van der Waals surface area contributed by atoms with E-state index in [9.17, 15) is 9.59 Å². The molecule has 1 saturated heterocycles. The molecule has 1 N–H and O–H groups in total. The number of carbonyl (C=O) groups is 2. The van der Waals surface area contributed by atoms with E-state index in [1.807, 2.05) is 58.0 Å². The van der Waals surface area contributed by atoms with Crippen molar-refractivity contribution in [2.24, 2.45) is 0 Å². The summed E-state index contributed by atoms with van der Waals surface area (Å²) in [4.78, 5) is 25.7. The molecule has 1 aromatic carbocycles. The molecule has 24 heavy (non-hydrogen) atoms. The summed E-state index contributed by atoms with van der Waals surface area (Å²) in [5.41, 5.74) is 0.406. The van der Waals surface area contributed by atoms with Crippen molar-refractivity contribution in [2.75, 3.05) is 6.54 Å². The predicted molar refractivity (Wildman–Crippen MR) is 90.6 cm³/mol. The Labute approximate surface area is 143 Å². The van der Waals surface area contributed by atoms with Crippen LogP contribution in [0.4, 0.5) is 9.59 Å². The molecule has 6 heteroatoms. The van der Waals surface area contributed by atoms with Gasteiger partial charge in [-0.3, -0.25) is 0 Å². The molecule has 2 amide bonds. The van der Waals surface area contributed by atoms with Crippen molar-refractivity contribution in [3.63, 3.8) is 0 Å². The van der Waals surface area contributed by atoms with Crippen LogP contribution in [0.5, 0.6) is 0 Å². The van der Waals surface area contributed by atoms with Gasteiger partial charge in [0.25, 0.3) is 0 Å². The first kappa shape index (κ1) is 18.1. The minimum absolute atomic E-state index is 0.00760. The molecule has 132 valence electrons. The number of hydrogen-bond donors (Lipinski definition) is 1. The van der Waals surface area contributed by atoms with Crippen LogP contribution < -0.4 is 5.32 Å². The molecule has 0 unspecified atom stereocenters. The van der Waals surface area contributed by atoms with Crippen LogP contribution in [-0.2, 0) is 16.1 Å². The van der Waals surface area contributed by atoms with Crippen molar-refractivity contribution in [1.29, 1.82) is 0 Å². The van der Waals surface area contributed by atoms with Crippen molar-refractivity contribution in [1.82, 2.24) is 10.2 Å². The highest BCUT2D eigenvalue weighted by Crippen LogP contribution is 2.19. The predicted octanol–water partition coefficient (Wildman–Crippen LogP) is 3.31. The highest BCUT2D eigenvalue weighted by Gasteiger charge is 2.35. The Bertz CT molecular complexity index is 568. The third kappa shape index (κ3) is 5.44. The fourth-order valence-corrected chi connectivity index (χ4v) is 2.67. The van der Waals surface area contributed by atoms with Gasteiger partial charge in [-0.25, -0.2) is 9.59 Å². The lowest BCUT2D eigenvalue weighted by Gasteiger charge is -2.22. The van der Waals surface area contributed by atoms with E-state index in [0.717, 1.165) is 5.56 Å². The van der Waals surface area contributed by atoms with E-state index in [1.54, 1.807) is 4.90 Å². The molecular weight excluding hydrogens is 308 g/mol. The van der Waals surface area contributed by atoms with Gasteiger partial charge in [-0.1, -0.05) is 30.3 Å². The van der Waals surface area contributed by atoms with Gasteiger partial charge in [0.2, 0.25) is 0 Å². The van der Waals surface area contributed by atoms with Crippen molar-refractivity contribution in [3.8, 4) is 0 Å². The van der Waals surface area contributed by atoms with E-state index in [1.165, 1.54) is 0 Å². The van der Waals surface area contributed by atoms with Gasteiger partial charge >= 0.3 is 12.2 Å². The molecule has 1 heterocycles. The summed E-state index contributed by atoms with van der Waals surface area (Å²) in [7, 11) is 0. The first-order valence-corrected chi connectivity index (χ1v) is 8.21. The maximum absolute atomic E-state index is 12.2. The molecule has 1 aromatic rings. The molecule has 1 aliphatic heterocycles. The van der Waals surface area contributed by atoms with Gasteiger partial charge in [0.1, 0.15) is 12.2 Å². The van der Waals surface area contributed by atoms with Gasteiger partial charge < -0.3 is 19.7 Å². The number of alkyl carbamates (subject to hydrolysis) is 1. The molecule has 0 saturated carbocycles. The summed E-state index contributed by atoms with van der Waals surface area (Å²) in [5.74, 6) is 0. The molecule has 0 spiro atoms. The van der Waals surface area contributed by atoms with Gasteiger partial charge in [-0.2, -0.15) is 0 Å². The number of carbonyl (C=O) groups excluding carboxylic acids is 2. The summed E-state index contributed by atoms with van der Waals surface area (Å²) in [6.45, 7) is 8.06. The monoisotopic (exact) mass is 334 g/mol. The quantitative estimate of drug-likeness (QED) is 0.921. The smallest absolute Gasteiger partial charge is 0.410 e. The first-order chi connectivity index (χ1) is 11.2. The minimum Gasteiger partial charge on any atom is -0.445 e. The Morgan fingerprint density at radius 2 is 1.92 bits per heavy atom. The van der Waals surface area contributed by atoms with E-state index in [2.05, 4.69) is 5.32 Å². The van der Waals surface area contributed by atoms with E-state index in [-0.39, 0.29) is 24.8 Å². The van der Waals surface area contributed by atoms with Gasteiger partial charge in [-0.15, -0.1) is 0 Å². The first-order valence-electron chi connectivity index (χ1n) is 8.21. The van der Waals surface area contributed by atoms with Gasteiger partial charge in [0.15, 0.2) is 0 Å². The van der Waals surface area contributed by atoms with Crippen LogP contribution in [0.25, 0.3) is 0 Å². The third-order valence-electron chi connectivity index (χ3n) is 3.74. The zero-order chi connectivity index (χ0) is 17.7. The van der Waals surface area contributed by atoms with E-state index in [0.29, 0.717) is 13.0 Å². The fourth-order valence-electron chi connectivity index (χ4n) is 2.67. The van der Waals surface area contributed by atoms with E-state index in [4.69, 9.17) is 9.47 Å². The second-order valence-electron chi connectivity index (χ2n) is 7.12. The maximum atomic E-state index is 12.2. The van der Waals surface area contributed by atoms with Crippen molar-refractivity contribution in [2.45, 2.75) is 58.4 Å². The van der Waals surface area contributed by atoms with Gasteiger partial charge in [-0.05, 0) is 39.7 Å². The lowest BCUT2D eigenvalue weighted by Crippen LogP contribution is -2.41. The van der Waals surface area contributed by atoms with Crippen LogP contribution in [0.15, 0.2) is 30.3 Å². The molecule has 0 radical (unpaired) electrons.